The zero-order chi connectivity index (χ0) is 14.5. The summed E-state index contributed by atoms with van der Waals surface area (Å²) in [5.41, 5.74) is 0.949. The number of benzene rings is 1. The number of methoxy groups -OCH3 is 1. The maximum absolute atomic E-state index is 13.7. The lowest BCUT2D eigenvalue weighted by Crippen LogP contribution is -2.30. The van der Waals surface area contributed by atoms with E-state index in [-0.39, 0.29) is 23.6 Å². The lowest BCUT2D eigenvalue weighted by molar-refractivity contribution is 0.0462. The van der Waals surface area contributed by atoms with Crippen molar-refractivity contribution in [1.82, 2.24) is 0 Å². The van der Waals surface area contributed by atoms with E-state index in [0.29, 0.717) is 0 Å². The molecule has 3 unspecified atom stereocenters. The zero-order valence-corrected chi connectivity index (χ0v) is 12.4. The molecule has 2 rings (SSSR count). The summed E-state index contributed by atoms with van der Waals surface area (Å²) in [4.78, 5) is 0. The van der Waals surface area contributed by atoms with E-state index >= 15 is 0 Å². The van der Waals surface area contributed by atoms with Crippen molar-refractivity contribution in [2.45, 2.75) is 51.6 Å². The third-order valence-corrected chi connectivity index (χ3v) is 4.46. The van der Waals surface area contributed by atoms with E-state index in [1.807, 2.05) is 6.07 Å². The molecule has 0 radical (unpaired) electrons. The van der Waals surface area contributed by atoms with Crippen LogP contribution in [0.2, 0.25) is 0 Å². The Kier molecular flexibility index (Phi) is 5.41. The van der Waals surface area contributed by atoms with Crippen molar-refractivity contribution in [1.29, 1.82) is 0 Å². The molecule has 1 aromatic rings. The van der Waals surface area contributed by atoms with Gasteiger partial charge in [0.2, 0.25) is 0 Å². The van der Waals surface area contributed by atoms with Crippen LogP contribution in [0.3, 0.4) is 0 Å². The van der Waals surface area contributed by atoms with Crippen LogP contribution in [0, 0.1) is 17.7 Å². The Bertz CT molecular complexity index is 433. The summed E-state index contributed by atoms with van der Waals surface area (Å²) in [6.45, 7) is 2.21. The first kappa shape index (κ1) is 15.3. The van der Waals surface area contributed by atoms with Crippen molar-refractivity contribution in [3.8, 4) is 5.75 Å². The average Bonchev–Trinajstić information content (AvgIpc) is 2.43. The third kappa shape index (κ3) is 3.72. The molecule has 1 aliphatic carbocycles. The van der Waals surface area contributed by atoms with Gasteiger partial charge in [-0.05, 0) is 55.2 Å². The molecule has 20 heavy (non-hydrogen) atoms. The third-order valence-electron chi connectivity index (χ3n) is 4.46. The van der Waals surface area contributed by atoms with Crippen LogP contribution in [-0.2, 0) is 6.42 Å². The summed E-state index contributed by atoms with van der Waals surface area (Å²) < 4.78 is 18.6. The molecular weight excluding hydrogens is 255 g/mol. The lowest BCUT2D eigenvalue weighted by Gasteiger charge is -2.33. The van der Waals surface area contributed by atoms with Crippen molar-refractivity contribution in [2.24, 2.45) is 11.8 Å². The second-order valence-electron chi connectivity index (χ2n) is 5.97. The molecular formula is C17H25FO2. The molecule has 3 atom stereocenters. The molecule has 1 aromatic carbocycles. The number of aliphatic hydroxyl groups excluding tert-OH is 1. The molecule has 0 amide bonds. The molecule has 0 bridgehead atoms. The van der Waals surface area contributed by atoms with Crippen LogP contribution in [0.5, 0.6) is 5.75 Å². The maximum atomic E-state index is 13.7. The number of halogens is 1. The first-order chi connectivity index (χ1) is 9.63. The summed E-state index contributed by atoms with van der Waals surface area (Å²) in [5, 5.41) is 10.2. The predicted molar refractivity (Wildman–Crippen MR) is 78.4 cm³/mol. The Hall–Kier alpha value is -1.09. The molecule has 0 spiro atoms. The van der Waals surface area contributed by atoms with Gasteiger partial charge in [0.25, 0.3) is 0 Å². The van der Waals surface area contributed by atoms with Gasteiger partial charge < -0.3 is 9.84 Å². The highest BCUT2D eigenvalue weighted by atomic mass is 19.1. The zero-order valence-electron chi connectivity index (χ0n) is 12.4. The van der Waals surface area contributed by atoms with Gasteiger partial charge in [0.15, 0.2) is 11.6 Å². The van der Waals surface area contributed by atoms with Crippen molar-refractivity contribution in [3.63, 3.8) is 0 Å². The van der Waals surface area contributed by atoms with E-state index < -0.39 is 0 Å². The van der Waals surface area contributed by atoms with E-state index in [2.05, 4.69) is 6.92 Å². The summed E-state index contributed by atoms with van der Waals surface area (Å²) in [6, 6.07) is 5.11. The fourth-order valence-electron chi connectivity index (χ4n) is 3.37. The maximum Gasteiger partial charge on any atom is 0.165 e. The fraction of sp³-hybridized carbons (Fsp3) is 0.647. The molecule has 2 nitrogen and oxygen atoms in total. The number of hydrogen-bond donors (Lipinski definition) is 1. The minimum absolute atomic E-state index is 0.242. The molecule has 0 heterocycles. The first-order valence-corrected chi connectivity index (χ1v) is 7.64. The van der Waals surface area contributed by atoms with Gasteiger partial charge in [-0.15, -0.1) is 0 Å². The van der Waals surface area contributed by atoms with E-state index in [0.717, 1.165) is 37.2 Å². The SMILES string of the molecule is CCCC1CCC(O)C(Cc2ccc(OC)c(F)c2)C1. The van der Waals surface area contributed by atoms with E-state index in [1.165, 1.54) is 26.0 Å². The van der Waals surface area contributed by atoms with Crippen LogP contribution < -0.4 is 4.74 Å². The highest BCUT2D eigenvalue weighted by Gasteiger charge is 2.28. The first-order valence-electron chi connectivity index (χ1n) is 7.64. The van der Waals surface area contributed by atoms with Crippen LogP contribution in [0.25, 0.3) is 0 Å². The number of aliphatic hydroxyl groups is 1. The minimum atomic E-state index is -0.319. The van der Waals surface area contributed by atoms with Crippen molar-refractivity contribution in [2.75, 3.05) is 7.11 Å². The molecule has 0 saturated heterocycles. The molecule has 0 aromatic heterocycles. The summed E-state index contributed by atoms with van der Waals surface area (Å²) in [5.74, 6) is 0.937. The molecule has 1 fully saturated rings. The highest BCUT2D eigenvalue weighted by molar-refractivity contribution is 5.29. The van der Waals surface area contributed by atoms with Gasteiger partial charge in [0.05, 0.1) is 13.2 Å². The van der Waals surface area contributed by atoms with Crippen LogP contribution in [0.1, 0.15) is 44.6 Å². The smallest absolute Gasteiger partial charge is 0.165 e. The van der Waals surface area contributed by atoms with Crippen molar-refractivity contribution >= 4 is 0 Å². The van der Waals surface area contributed by atoms with Crippen molar-refractivity contribution < 1.29 is 14.2 Å². The van der Waals surface area contributed by atoms with Gasteiger partial charge in [-0.1, -0.05) is 25.8 Å². The lowest BCUT2D eigenvalue weighted by atomic mass is 9.75. The van der Waals surface area contributed by atoms with E-state index in [9.17, 15) is 9.50 Å². The Morgan fingerprint density at radius 1 is 1.35 bits per heavy atom. The fourth-order valence-corrected chi connectivity index (χ4v) is 3.37. The summed E-state index contributed by atoms with van der Waals surface area (Å²) in [7, 11) is 1.47. The van der Waals surface area contributed by atoms with E-state index in [1.54, 1.807) is 6.07 Å². The summed E-state index contributed by atoms with van der Waals surface area (Å²) in [6.07, 6.45) is 6.01. The standard InChI is InChI=1S/C17H25FO2/c1-3-4-12-5-7-16(19)14(9-12)10-13-6-8-17(20-2)15(18)11-13/h6,8,11-12,14,16,19H,3-5,7,9-10H2,1-2H3. The van der Waals surface area contributed by atoms with Gasteiger partial charge in [0.1, 0.15) is 0 Å². The Morgan fingerprint density at radius 2 is 2.15 bits per heavy atom. The Morgan fingerprint density at radius 3 is 2.80 bits per heavy atom. The topological polar surface area (TPSA) is 29.5 Å². The minimum Gasteiger partial charge on any atom is -0.494 e. The Labute approximate surface area is 121 Å². The normalized spacial score (nSPS) is 26.5. The van der Waals surface area contributed by atoms with Crippen molar-refractivity contribution in [3.05, 3.63) is 29.6 Å². The monoisotopic (exact) mass is 280 g/mol. The summed E-state index contributed by atoms with van der Waals surface area (Å²) >= 11 is 0. The number of hydrogen-bond acceptors (Lipinski definition) is 2. The van der Waals surface area contributed by atoms with Gasteiger partial charge in [-0.25, -0.2) is 4.39 Å². The van der Waals surface area contributed by atoms with Crippen LogP contribution in [0.15, 0.2) is 18.2 Å². The molecule has 1 saturated carbocycles. The second kappa shape index (κ2) is 7.07. The van der Waals surface area contributed by atoms with Crippen LogP contribution in [-0.4, -0.2) is 18.3 Å². The Balaban J connectivity index is 2.02. The van der Waals surface area contributed by atoms with Crippen LogP contribution in [0.4, 0.5) is 4.39 Å². The molecule has 112 valence electrons. The van der Waals surface area contributed by atoms with Gasteiger partial charge in [0, 0.05) is 0 Å². The van der Waals surface area contributed by atoms with Gasteiger partial charge >= 0.3 is 0 Å². The number of ether oxygens (including phenoxy) is 1. The van der Waals surface area contributed by atoms with Gasteiger partial charge in [-0.2, -0.15) is 0 Å². The largest absolute Gasteiger partial charge is 0.494 e. The highest BCUT2D eigenvalue weighted by Crippen LogP contribution is 2.34. The van der Waals surface area contributed by atoms with Crippen LogP contribution >= 0.6 is 0 Å². The number of rotatable bonds is 5. The molecule has 1 aliphatic rings. The predicted octanol–water partition coefficient (Wildman–Crippen LogP) is 3.95. The molecule has 1 N–H and O–H groups in total. The van der Waals surface area contributed by atoms with Gasteiger partial charge in [-0.3, -0.25) is 0 Å². The van der Waals surface area contributed by atoms with E-state index in [4.69, 9.17) is 4.74 Å². The second-order valence-corrected chi connectivity index (χ2v) is 5.97. The molecule has 0 aliphatic heterocycles. The quantitative estimate of drug-likeness (QED) is 0.884. The average molecular weight is 280 g/mol. The molecule has 3 heteroatoms.